The number of phenols is 1. The predicted octanol–water partition coefficient (Wildman–Crippen LogP) is 2.04. The Bertz CT molecular complexity index is 333. The smallest absolute Gasteiger partial charge is 0.119 e. The molecule has 1 aliphatic carbocycles. The summed E-state index contributed by atoms with van der Waals surface area (Å²) in [5.41, 5.74) is 9.27. The third kappa shape index (κ3) is 1.42. The Morgan fingerprint density at radius 1 is 1.46 bits per heavy atom. The van der Waals surface area contributed by atoms with Crippen molar-refractivity contribution in [3.8, 4) is 5.75 Å². The summed E-state index contributed by atoms with van der Waals surface area (Å²) < 4.78 is 0. The summed E-state index contributed by atoms with van der Waals surface area (Å²) in [5, 5.41) is 9.70. The number of nitrogens with two attached hydrogens (primary N) is 1. The van der Waals surface area contributed by atoms with Crippen LogP contribution in [0, 0.1) is 6.92 Å². The van der Waals surface area contributed by atoms with Gasteiger partial charge in [-0.1, -0.05) is 6.07 Å². The second kappa shape index (κ2) is 3.04. The highest BCUT2D eigenvalue weighted by Crippen LogP contribution is 2.34. The SMILES string of the molecule is Cc1cc(O)c2c(c1)[C@H](N)CCC2. The topological polar surface area (TPSA) is 46.2 Å². The van der Waals surface area contributed by atoms with Gasteiger partial charge in [0.15, 0.2) is 0 Å². The molecule has 3 N–H and O–H groups in total. The summed E-state index contributed by atoms with van der Waals surface area (Å²) in [6, 6.07) is 4.03. The molecule has 1 aromatic carbocycles. The normalized spacial score (nSPS) is 21.2. The Hall–Kier alpha value is -1.02. The van der Waals surface area contributed by atoms with E-state index in [0.29, 0.717) is 5.75 Å². The zero-order chi connectivity index (χ0) is 9.42. The van der Waals surface area contributed by atoms with E-state index in [-0.39, 0.29) is 6.04 Å². The summed E-state index contributed by atoms with van der Waals surface area (Å²) in [5.74, 6) is 0.421. The van der Waals surface area contributed by atoms with Gasteiger partial charge in [0.2, 0.25) is 0 Å². The number of aromatic hydroxyl groups is 1. The maximum atomic E-state index is 9.70. The van der Waals surface area contributed by atoms with Crippen LogP contribution in [0.3, 0.4) is 0 Å². The lowest BCUT2D eigenvalue weighted by atomic mass is 9.86. The highest BCUT2D eigenvalue weighted by atomic mass is 16.3. The van der Waals surface area contributed by atoms with Crippen LogP contribution in [-0.4, -0.2) is 5.11 Å². The monoisotopic (exact) mass is 177 g/mol. The van der Waals surface area contributed by atoms with Crippen LogP contribution in [-0.2, 0) is 6.42 Å². The van der Waals surface area contributed by atoms with Gasteiger partial charge in [-0.25, -0.2) is 0 Å². The zero-order valence-electron chi connectivity index (χ0n) is 7.88. The van der Waals surface area contributed by atoms with Gasteiger partial charge < -0.3 is 10.8 Å². The molecule has 0 fully saturated rings. The number of hydrogen-bond acceptors (Lipinski definition) is 2. The Morgan fingerprint density at radius 2 is 2.23 bits per heavy atom. The third-order valence-electron chi connectivity index (χ3n) is 2.75. The first-order valence-electron chi connectivity index (χ1n) is 4.76. The number of phenolic OH excluding ortho intramolecular Hbond substituents is 1. The molecule has 1 aliphatic rings. The van der Waals surface area contributed by atoms with E-state index in [1.54, 1.807) is 0 Å². The summed E-state index contributed by atoms with van der Waals surface area (Å²) in [4.78, 5) is 0. The molecule has 1 atom stereocenters. The van der Waals surface area contributed by atoms with Crippen LogP contribution < -0.4 is 5.73 Å². The first-order valence-corrected chi connectivity index (χ1v) is 4.76. The minimum absolute atomic E-state index is 0.120. The number of rotatable bonds is 0. The molecule has 13 heavy (non-hydrogen) atoms. The molecule has 0 unspecified atom stereocenters. The maximum Gasteiger partial charge on any atom is 0.119 e. The van der Waals surface area contributed by atoms with Crippen molar-refractivity contribution in [2.24, 2.45) is 5.73 Å². The zero-order valence-corrected chi connectivity index (χ0v) is 7.88. The average molecular weight is 177 g/mol. The molecule has 0 saturated carbocycles. The van der Waals surface area contributed by atoms with E-state index in [0.717, 1.165) is 36.0 Å². The van der Waals surface area contributed by atoms with E-state index < -0.39 is 0 Å². The molecule has 0 saturated heterocycles. The molecule has 0 aliphatic heterocycles. The summed E-state index contributed by atoms with van der Waals surface area (Å²) in [6.07, 6.45) is 3.09. The minimum atomic E-state index is 0.120. The van der Waals surface area contributed by atoms with E-state index in [9.17, 15) is 5.11 Å². The van der Waals surface area contributed by atoms with Crippen molar-refractivity contribution in [2.45, 2.75) is 32.2 Å². The Balaban J connectivity index is 2.56. The second-order valence-corrected chi connectivity index (χ2v) is 3.85. The van der Waals surface area contributed by atoms with Gasteiger partial charge in [-0.05, 0) is 48.9 Å². The van der Waals surface area contributed by atoms with Crippen LogP contribution in [0.15, 0.2) is 12.1 Å². The molecule has 2 rings (SSSR count). The molecule has 70 valence electrons. The molecule has 0 radical (unpaired) electrons. The molecule has 0 bridgehead atoms. The molecule has 1 aromatic rings. The lowest BCUT2D eigenvalue weighted by Crippen LogP contribution is -2.17. The van der Waals surface area contributed by atoms with Crippen LogP contribution in [0.4, 0.5) is 0 Å². The number of fused-ring (bicyclic) bond motifs is 1. The van der Waals surface area contributed by atoms with Gasteiger partial charge in [0.05, 0.1) is 0 Å². The van der Waals surface area contributed by atoms with Crippen LogP contribution in [0.5, 0.6) is 5.75 Å². The maximum absolute atomic E-state index is 9.70. The van der Waals surface area contributed by atoms with Crippen molar-refractivity contribution >= 4 is 0 Å². The first kappa shape index (κ1) is 8.57. The minimum Gasteiger partial charge on any atom is -0.508 e. The summed E-state index contributed by atoms with van der Waals surface area (Å²) in [6.45, 7) is 1.99. The first-order chi connectivity index (χ1) is 6.18. The fourth-order valence-electron chi connectivity index (χ4n) is 2.08. The van der Waals surface area contributed by atoms with Crippen LogP contribution in [0.25, 0.3) is 0 Å². The van der Waals surface area contributed by atoms with E-state index >= 15 is 0 Å². The van der Waals surface area contributed by atoms with E-state index in [4.69, 9.17) is 5.73 Å². The van der Waals surface area contributed by atoms with Gasteiger partial charge >= 0.3 is 0 Å². The number of hydrogen-bond donors (Lipinski definition) is 2. The summed E-state index contributed by atoms with van der Waals surface area (Å²) in [7, 11) is 0. The van der Waals surface area contributed by atoms with E-state index in [2.05, 4.69) is 6.07 Å². The lowest BCUT2D eigenvalue weighted by Gasteiger charge is -2.23. The largest absolute Gasteiger partial charge is 0.508 e. The van der Waals surface area contributed by atoms with Crippen molar-refractivity contribution in [1.29, 1.82) is 0 Å². The molecule has 0 heterocycles. The predicted molar refractivity (Wildman–Crippen MR) is 52.7 cm³/mol. The molecule has 2 nitrogen and oxygen atoms in total. The van der Waals surface area contributed by atoms with Crippen molar-refractivity contribution in [3.05, 3.63) is 28.8 Å². The van der Waals surface area contributed by atoms with E-state index in [1.807, 2.05) is 13.0 Å². The van der Waals surface area contributed by atoms with Gasteiger partial charge in [-0.3, -0.25) is 0 Å². The van der Waals surface area contributed by atoms with Crippen molar-refractivity contribution in [1.82, 2.24) is 0 Å². The molecule has 0 amide bonds. The fourth-order valence-corrected chi connectivity index (χ4v) is 2.08. The number of benzene rings is 1. The van der Waals surface area contributed by atoms with Gasteiger partial charge in [-0.15, -0.1) is 0 Å². The van der Waals surface area contributed by atoms with Gasteiger partial charge in [-0.2, -0.15) is 0 Å². The van der Waals surface area contributed by atoms with Crippen LogP contribution in [0.2, 0.25) is 0 Å². The van der Waals surface area contributed by atoms with Crippen LogP contribution >= 0.6 is 0 Å². The van der Waals surface area contributed by atoms with Crippen molar-refractivity contribution < 1.29 is 5.11 Å². The molecule has 2 heteroatoms. The highest BCUT2D eigenvalue weighted by Gasteiger charge is 2.19. The molecular weight excluding hydrogens is 162 g/mol. The third-order valence-corrected chi connectivity index (χ3v) is 2.75. The van der Waals surface area contributed by atoms with Gasteiger partial charge in [0.25, 0.3) is 0 Å². The van der Waals surface area contributed by atoms with Crippen LogP contribution in [0.1, 0.15) is 35.6 Å². The molecule has 0 aromatic heterocycles. The molecular formula is C11H15NO. The fraction of sp³-hybridized carbons (Fsp3) is 0.455. The lowest BCUT2D eigenvalue weighted by molar-refractivity contribution is 0.454. The van der Waals surface area contributed by atoms with Crippen molar-refractivity contribution in [2.75, 3.05) is 0 Å². The Labute approximate surface area is 78.4 Å². The Kier molecular flexibility index (Phi) is 2.00. The molecule has 0 spiro atoms. The van der Waals surface area contributed by atoms with Gasteiger partial charge in [0.1, 0.15) is 5.75 Å². The van der Waals surface area contributed by atoms with Gasteiger partial charge in [0, 0.05) is 6.04 Å². The standard InChI is InChI=1S/C11H15NO/c1-7-5-9-8(11(13)6-7)3-2-4-10(9)12/h5-6,10,13H,2-4,12H2,1H3/t10-/m1/s1. The second-order valence-electron chi connectivity index (χ2n) is 3.85. The Morgan fingerprint density at radius 3 is 3.00 bits per heavy atom. The number of aryl methyl sites for hydroxylation is 1. The summed E-state index contributed by atoms with van der Waals surface area (Å²) >= 11 is 0. The van der Waals surface area contributed by atoms with E-state index in [1.165, 1.54) is 0 Å². The van der Waals surface area contributed by atoms with Crippen molar-refractivity contribution in [3.63, 3.8) is 0 Å². The average Bonchev–Trinajstić information content (AvgIpc) is 2.07. The quantitative estimate of drug-likeness (QED) is 0.637. The highest BCUT2D eigenvalue weighted by molar-refractivity contribution is 5.45.